The lowest BCUT2D eigenvalue weighted by Crippen LogP contribution is -3.13. The molecule has 3 rings (SSSR count). The highest BCUT2D eigenvalue weighted by atomic mass is 35.5. The molecular formula is C18H22ClN2+. The molecule has 1 heterocycles. The fourth-order valence-electron chi connectivity index (χ4n) is 3.07. The molecule has 1 saturated heterocycles. The maximum atomic E-state index is 6.27. The topological polar surface area (TPSA) is 7.68 Å². The standard InChI is InChI=1S/C18H21ClN2/c1-15-6-2-5-9-18(15)21-12-10-20(11-13-21)14-16-7-3-4-8-17(16)19/h2-9H,10-14H2,1H3/p+1. The molecule has 0 atom stereocenters. The minimum Gasteiger partial charge on any atom is -0.360 e. The Balaban J connectivity index is 1.61. The van der Waals surface area contributed by atoms with Gasteiger partial charge in [0.05, 0.1) is 26.2 Å². The van der Waals surface area contributed by atoms with Crippen molar-refractivity contribution in [2.75, 3.05) is 31.1 Å². The molecule has 0 saturated carbocycles. The number of quaternary nitrogens is 1. The van der Waals surface area contributed by atoms with Gasteiger partial charge in [-0.25, -0.2) is 0 Å². The van der Waals surface area contributed by atoms with E-state index in [0.717, 1.165) is 24.7 Å². The van der Waals surface area contributed by atoms with Crippen molar-refractivity contribution < 1.29 is 4.90 Å². The Labute approximate surface area is 131 Å². The van der Waals surface area contributed by atoms with Gasteiger partial charge in [-0.05, 0) is 24.6 Å². The number of para-hydroxylation sites is 1. The molecule has 1 aliphatic heterocycles. The Kier molecular flexibility index (Phi) is 4.47. The molecular weight excluding hydrogens is 280 g/mol. The molecule has 2 nitrogen and oxygen atoms in total. The highest BCUT2D eigenvalue weighted by molar-refractivity contribution is 6.31. The van der Waals surface area contributed by atoms with Crippen molar-refractivity contribution in [1.29, 1.82) is 0 Å². The molecule has 3 heteroatoms. The molecule has 1 N–H and O–H groups in total. The Morgan fingerprint density at radius 1 is 1.00 bits per heavy atom. The zero-order chi connectivity index (χ0) is 14.7. The van der Waals surface area contributed by atoms with Crippen molar-refractivity contribution in [2.45, 2.75) is 13.5 Å². The summed E-state index contributed by atoms with van der Waals surface area (Å²) >= 11 is 6.27. The van der Waals surface area contributed by atoms with Gasteiger partial charge in [-0.2, -0.15) is 0 Å². The van der Waals surface area contributed by atoms with Gasteiger partial charge in [-0.15, -0.1) is 0 Å². The zero-order valence-corrected chi connectivity index (χ0v) is 13.2. The molecule has 0 unspecified atom stereocenters. The number of rotatable bonds is 3. The first-order valence-corrected chi connectivity index (χ1v) is 7.99. The fourth-order valence-corrected chi connectivity index (χ4v) is 3.27. The Bertz CT molecular complexity index is 604. The summed E-state index contributed by atoms with van der Waals surface area (Å²) < 4.78 is 0. The molecule has 0 radical (unpaired) electrons. The predicted molar refractivity (Wildman–Crippen MR) is 89.2 cm³/mol. The van der Waals surface area contributed by atoms with Crippen LogP contribution in [0.2, 0.25) is 5.02 Å². The summed E-state index contributed by atoms with van der Waals surface area (Å²) in [5.41, 5.74) is 4.01. The number of nitrogens with zero attached hydrogens (tertiary/aromatic N) is 1. The van der Waals surface area contributed by atoms with Crippen LogP contribution >= 0.6 is 11.6 Å². The van der Waals surface area contributed by atoms with Gasteiger partial charge in [0.2, 0.25) is 0 Å². The second-order valence-electron chi connectivity index (χ2n) is 5.79. The highest BCUT2D eigenvalue weighted by Crippen LogP contribution is 2.19. The lowest BCUT2D eigenvalue weighted by molar-refractivity contribution is -0.914. The fraction of sp³-hybridized carbons (Fsp3) is 0.333. The summed E-state index contributed by atoms with van der Waals surface area (Å²) in [5, 5.41) is 0.895. The van der Waals surface area contributed by atoms with E-state index in [1.165, 1.54) is 29.9 Å². The van der Waals surface area contributed by atoms with Crippen LogP contribution in [0.3, 0.4) is 0 Å². The monoisotopic (exact) mass is 301 g/mol. The number of hydrogen-bond acceptors (Lipinski definition) is 1. The van der Waals surface area contributed by atoms with Crippen LogP contribution in [-0.4, -0.2) is 26.2 Å². The van der Waals surface area contributed by atoms with Gasteiger partial charge in [0, 0.05) is 16.3 Å². The minimum atomic E-state index is 0.895. The van der Waals surface area contributed by atoms with Crippen LogP contribution in [0.5, 0.6) is 0 Å². The molecule has 0 aliphatic carbocycles. The first-order chi connectivity index (χ1) is 10.2. The highest BCUT2D eigenvalue weighted by Gasteiger charge is 2.21. The van der Waals surface area contributed by atoms with E-state index in [2.05, 4.69) is 48.2 Å². The number of piperazine rings is 1. The average molecular weight is 302 g/mol. The van der Waals surface area contributed by atoms with Gasteiger partial charge >= 0.3 is 0 Å². The molecule has 1 aliphatic rings. The molecule has 110 valence electrons. The molecule has 1 fully saturated rings. The van der Waals surface area contributed by atoms with E-state index < -0.39 is 0 Å². The SMILES string of the molecule is Cc1ccccc1N1CC[NH+](Cc2ccccc2Cl)CC1. The van der Waals surface area contributed by atoms with Crippen LogP contribution in [0.25, 0.3) is 0 Å². The Hall–Kier alpha value is -1.51. The van der Waals surface area contributed by atoms with E-state index in [-0.39, 0.29) is 0 Å². The van der Waals surface area contributed by atoms with Gasteiger partial charge in [0.1, 0.15) is 6.54 Å². The van der Waals surface area contributed by atoms with Crippen LogP contribution in [0.1, 0.15) is 11.1 Å². The van der Waals surface area contributed by atoms with E-state index in [1.807, 2.05) is 12.1 Å². The van der Waals surface area contributed by atoms with Crippen LogP contribution in [0, 0.1) is 6.92 Å². The summed E-state index contributed by atoms with van der Waals surface area (Å²) in [5.74, 6) is 0. The van der Waals surface area contributed by atoms with Crippen molar-refractivity contribution in [3.05, 3.63) is 64.7 Å². The van der Waals surface area contributed by atoms with Crippen molar-refractivity contribution >= 4 is 17.3 Å². The maximum absolute atomic E-state index is 6.27. The smallest absolute Gasteiger partial charge is 0.104 e. The first kappa shape index (κ1) is 14.4. The number of benzene rings is 2. The second-order valence-corrected chi connectivity index (χ2v) is 6.20. The van der Waals surface area contributed by atoms with Crippen LogP contribution in [0.15, 0.2) is 48.5 Å². The summed E-state index contributed by atoms with van der Waals surface area (Å²) in [7, 11) is 0. The molecule has 21 heavy (non-hydrogen) atoms. The molecule has 2 aromatic rings. The molecule has 0 aromatic heterocycles. The minimum absolute atomic E-state index is 0.895. The van der Waals surface area contributed by atoms with Gasteiger partial charge in [0.25, 0.3) is 0 Å². The predicted octanol–water partition coefficient (Wildman–Crippen LogP) is 2.55. The summed E-state index contributed by atoms with van der Waals surface area (Å²) in [6.07, 6.45) is 0. The molecule has 2 aromatic carbocycles. The number of halogens is 1. The van der Waals surface area contributed by atoms with Crippen molar-refractivity contribution in [3.8, 4) is 0 Å². The number of aryl methyl sites for hydroxylation is 1. The number of anilines is 1. The second kappa shape index (κ2) is 6.50. The van der Waals surface area contributed by atoms with Gasteiger partial charge in [-0.1, -0.05) is 48.0 Å². The third-order valence-corrected chi connectivity index (χ3v) is 4.69. The number of hydrogen-bond donors (Lipinski definition) is 1. The number of nitrogens with one attached hydrogen (secondary N) is 1. The van der Waals surface area contributed by atoms with Gasteiger partial charge in [0.15, 0.2) is 0 Å². The maximum Gasteiger partial charge on any atom is 0.104 e. The largest absolute Gasteiger partial charge is 0.360 e. The zero-order valence-electron chi connectivity index (χ0n) is 12.5. The molecule has 0 bridgehead atoms. The van der Waals surface area contributed by atoms with Crippen molar-refractivity contribution in [1.82, 2.24) is 0 Å². The van der Waals surface area contributed by atoms with Crippen molar-refractivity contribution in [2.24, 2.45) is 0 Å². The summed E-state index contributed by atoms with van der Waals surface area (Å²) in [6, 6.07) is 16.9. The van der Waals surface area contributed by atoms with E-state index >= 15 is 0 Å². The van der Waals surface area contributed by atoms with E-state index in [0.29, 0.717) is 0 Å². The molecule has 0 amide bonds. The van der Waals surface area contributed by atoms with Crippen LogP contribution < -0.4 is 9.80 Å². The normalized spacial score (nSPS) is 16.2. The first-order valence-electron chi connectivity index (χ1n) is 7.61. The van der Waals surface area contributed by atoms with E-state index in [4.69, 9.17) is 11.6 Å². The van der Waals surface area contributed by atoms with Crippen LogP contribution in [-0.2, 0) is 6.54 Å². The Morgan fingerprint density at radius 2 is 1.67 bits per heavy atom. The van der Waals surface area contributed by atoms with Crippen molar-refractivity contribution in [3.63, 3.8) is 0 Å². The third-order valence-electron chi connectivity index (χ3n) is 4.32. The van der Waals surface area contributed by atoms with Gasteiger partial charge < -0.3 is 9.80 Å². The lowest BCUT2D eigenvalue weighted by Gasteiger charge is -2.34. The van der Waals surface area contributed by atoms with Gasteiger partial charge in [-0.3, -0.25) is 0 Å². The summed E-state index contributed by atoms with van der Waals surface area (Å²) in [4.78, 5) is 4.12. The average Bonchev–Trinajstić information content (AvgIpc) is 2.51. The Morgan fingerprint density at radius 3 is 2.38 bits per heavy atom. The van der Waals surface area contributed by atoms with E-state index in [1.54, 1.807) is 4.90 Å². The summed E-state index contributed by atoms with van der Waals surface area (Å²) in [6.45, 7) is 7.79. The molecule has 0 spiro atoms. The lowest BCUT2D eigenvalue weighted by atomic mass is 10.1. The third kappa shape index (κ3) is 3.39. The van der Waals surface area contributed by atoms with Crippen LogP contribution in [0.4, 0.5) is 5.69 Å². The van der Waals surface area contributed by atoms with E-state index in [9.17, 15) is 0 Å². The quantitative estimate of drug-likeness (QED) is 0.915.